The molecular formula is C17H25NO4. The number of benzene rings is 1. The maximum absolute atomic E-state index is 12.0. The van der Waals surface area contributed by atoms with Gasteiger partial charge in [-0.15, -0.1) is 0 Å². The molecule has 1 fully saturated rings. The Morgan fingerprint density at radius 3 is 2.64 bits per heavy atom. The Bertz CT molecular complexity index is 488. The summed E-state index contributed by atoms with van der Waals surface area (Å²) in [4.78, 5) is 13.7. The number of rotatable bonds is 7. The van der Waals surface area contributed by atoms with E-state index in [0.717, 1.165) is 17.7 Å². The van der Waals surface area contributed by atoms with E-state index in [-0.39, 0.29) is 30.9 Å². The molecule has 1 aliphatic heterocycles. The molecule has 3 atom stereocenters. The number of aryl methyl sites for hydroxylation is 1. The number of carbonyl (C=O) groups is 1. The first-order chi connectivity index (χ1) is 10.6. The normalized spacial score (nSPS) is 22.5. The lowest BCUT2D eigenvalue weighted by Gasteiger charge is -2.27. The fraction of sp³-hybridized carbons (Fsp3) is 0.588. The standard InChI is InChI=1S/C17H25NO4/c1-4-10-18-13(3)16(22-17(18)20)15(9-11-19)21-14-7-5-12(2)6-8-14/h5-8,13,15-16,19H,4,9-11H2,1-3H3. The second-order valence-electron chi connectivity index (χ2n) is 5.76. The van der Waals surface area contributed by atoms with Gasteiger partial charge in [0.2, 0.25) is 0 Å². The van der Waals surface area contributed by atoms with Gasteiger partial charge in [-0.25, -0.2) is 4.79 Å². The molecule has 1 aromatic rings. The topological polar surface area (TPSA) is 59.0 Å². The van der Waals surface area contributed by atoms with E-state index >= 15 is 0 Å². The van der Waals surface area contributed by atoms with E-state index < -0.39 is 0 Å². The van der Waals surface area contributed by atoms with Gasteiger partial charge in [0.25, 0.3) is 0 Å². The van der Waals surface area contributed by atoms with E-state index in [1.807, 2.05) is 45.0 Å². The van der Waals surface area contributed by atoms with Crippen molar-refractivity contribution in [3.63, 3.8) is 0 Å². The summed E-state index contributed by atoms with van der Waals surface area (Å²) in [7, 11) is 0. The van der Waals surface area contributed by atoms with Gasteiger partial charge >= 0.3 is 6.09 Å². The average Bonchev–Trinajstić information content (AvgIpc) is 2.77. The minimum atomic E-state index is -0.368. The van der Waals surface area contributed by atoms with Gasteiger partial charge in [-0.1, -0.05) is 24.6 Å². The molecular weight excluding hydrogens is 282 g/mol. The summed E-state index contributed by atoms with van der Waals surface area (Å²) in [5.41, 5.74) is 1.15. The predicted molar refractivity (Wildman–Crippen MR) is 84.0 cm³/mol. The third-order valence-electron chi connectivity index (χ3n) is 3.99. The van der Waals surface area contributed by atoms with Gasteiger partial charge in [0.15, 0.2) is 6.10 Å². The van der Waals surface area contributed by atoms with Crippen molar-refractivity contribution in [2.45, 2.75) is 51.9 Å². The van der Waals surface area contributed by atoms with Crippen molar-refractivity contribution >= 4 is 6.09 Å². The van der Waals surface area contributed by atoms with Crippen LogP contribution in [-0.2, 0) is 4.74 Å². The van der Waals surface area contributed by atoms with Gasteiger partial charge in [-0.2, -0.15) is 0 Å². The molecule has 0 bridgehead atoms. The number of nitrogens with zero attached hydrogens (tertiary/aromatic N) is 1. The zero-order valence-electron chi connectivity index (χ0n) is 13.5. The van der Waals surface area contributed by atoms with Crippen LogP contribution in [0.15, 0.2) is 24.3 Å². The maximum atomic E-state index is 12.0. The van der Waals surface area contributed by atoms with E-state index in [0.29, 0.717) is 13.0 Å². The van der Waals surface area contributed by atoms with E-state index in [1.54, 1.807) is 4.90 Å². The molecule has 1 N–H and O–H groups in total. The maximum Gasteiger partial charge on any atom is 0.410 e. The summed E-state index contributed by atoms with van der Waals surface area (Å²) in [6.07, 6.45) is 0.294. The second-order valence-corrected chi connectivity index (χ2v) is 5.76. The highest BCUT2D eigenvalue weighted by Crippen LogP contribution is 2.26. The van der Waals surface area contributed by atoms with E-state index in [9.17, 15) is 9.90 Å². The van der Waals surface area contributed by atoms with Crippen LogP contribution in [0.2, 0.25) is 0 Å². The molecule has 5 nitrogen and oxygen atoms in total. The van der Waals surface area contributed by atoms with Gasteiger partial charge in [-0.05, 0) is 32.4 Å². The Hall–Kier alpha value is -1.75. The van der Waals surface area contributed by atoms with Crippen LogP contribution < -0.4 is 4.74 Å². The molecule has 22 heavy (non-hydrogen) atoms. The Morgan fingerprint density at radius 1 is 1.36 bits per heavy atom. The number of carbonyl (C=O) groups excluding carboxylic acids is 1. The molecule has 0 saturated carbocycles. The molecule has 0 spiro atoms. The van der Waals surface area contributed by atoms with Crippen LogP contribution in [-0.4, -0.2) is 47.5 Å². The number of ether oxygens (including phenoxy) is 2. The lowest BCUT2D eigenvalue weighted by Crippen LogP contribution is -2.42. The molecule has 122 valence electrons. The Morgan fingerprint density at radius 2 is 2.05 bits per heavy atom. The average molecular weight is 307 g/mol. The van der Waals surface area contributed by atoms with Crippen LogP contribution in [0, 0.1) is 6.92 Å². The van der Waals surface area contributed by atoms with E-state index in [2.05, 4.69) is 0 Å². The third-order valence-corrected chi connectivity index (χ3v) is 3.99. The SMILES string of the molecule is CCCN1C(=O)OC(C(CCO)Oc2ccc(C)cc2)C1C. The molecule has 5 heteroatoms. The van der Waals surface area contributed by atoms with E-state index in [4.69, 9.17) is 9.47 Å². The fourth-order valence-corrected chi connectivity index (χ4v) is 2.76. The lowest BCUT2D eigenvalue weighted by molar-refractivity contribution is 0.0218. The first-order valence-corrected chi connectivity index (χ1v) is 7.88. The van der Waals surface area contributed by atoms with Gasteiger partial charge in [0, 0.05) is 19.6 Å². The number of aliphatic hydroxyl groups excluding tert-OH is 1. The number of amides is 1. The molecule has 1 saturated heterocycles. The fourth-order valence-electron chi connectivity index (χ4n) is 2.76. The highest BCUT2D eigenvalue weighted by molar-refractivity contribution is 5.70. The van der Waals surface area contributed by atoms with Crippen LogP contribution in [0.1, 0.15) is 32.3 Å². The first-order valence-electron chi connectivity index (χ1n) is 7.88. The molecule has 0 aliphatic carbocycles. The van der Waals surface area contributed by atoms with Crippen molar-refractivity contribution in [2.24, 2.45) is 0 Å². The largest absolute Gasteiger partial charge is 0.486 e. The molecule has 1 aliphatic rings. The van der Waals surface area contributed by atoms with Crippen molar-refractivity contribution in [3.8, 4) is 5.75 Å². The summed E-state index contributed by atoms with van der Waals surface area (Å²) in [6.45, 7) is 6.67. The van der Waals surface area contributed by atoms with Crippen molar-refractivity contribution < 1.29 is 19.4 Å². The lowest BCUT2D eigenvalue weighted by atomic mass is 10.0. The zero-order valence-corrected chi connectivity index (χ0v) is 13.5. The number of hydrogen-bond donors (Lipinski definition) is 1. The van der Waals surface area contributed by atoms with Crippen LogP contribution in [0.25, 0.3) is 0 Å². The quantitative estimate of drug-likeness (QED) is 0.841. The summed E-state index contributed by atoms with van der Waals surface area (Å²) in [5.74, 6) is 0.723. The summed E-state index contributed by atoms with van der Waals surface area (Å²) >= 11 is 0. The van der Waals surface area contributed by atoms with Gasteiger partial charge in [0.05, 0.1) is 6.04 Å². The molecule has 0 radical (unpaired) electrons. The molecule has 1 heterocycles. The second kappa shape index (κ2) is 7.49. The van der Waals surface area contributed by atoms with E-state index in [1.165, 1.54) is 0 Å². The monoisotopic (exact) mass is 307 g/mol. The molecule has 1 amide bonds. The molecule has 0 aromatic heterocycles. The van der Waals surface area contributed by atoms with Crippen molar-refractivity contribution in [3.05, 3.63) is 29.8 Å². The van der Waals surface area contributed by atoms with Crippen molar-refractivity contribution in [1.29, 1.82) is 0 Å². The highest BCUT2D eigenvalue weighted by Gasteiger charge is 2.43. The zero-order chi connectivity index (χ0) is 16.1. The van der Waals surface area contributed by atoms with Gasteiger partial charge < -0.3 is 19.5 Å². The van der Waals surface area contributed by atoms with Crippen LogP contribution >= 0.6 is 0 Å². The summed E-state index contributed by atoms with van der Waals surface area (Å²) < 4.78 is 11.5. The number of hydrogen-bond acceptors (Lipinski definition) is 4. The van der Waals surface area contributed by atoms with Crippen LogP contribution in [0.5, 0.6) is 5.75 Å². The van der Waals surface area contributed by atoms with Crippen LogP contribution in [0.4, 0.5) is 4.79 Å². The molecule has 2 rings (SSSR count). The van der Waals surface area contributed by atoms with Crippen molar-refractivity contribution in [1.82, 2.24) is 4.90 Å². The minimum absolute atomic E-state index is 0.00885. The molecule has 1 aromatic carbocycles. The Kier molecular flexibility index (Phi) is 5.66. The van der Waals surface area contributed by atoms with Gasteiger partial charge in [-0.3, -0.25) is 0 Å². The van der Waals surface area contributed by atoms with Crippen molar-refractivity contribution in [2.75, 3.05) is 13.2 Å². The Labute approximate surface area is 131 Å². The number of cyclic esters (lactones) is 1. The van der Waals surface area contributed by atoms with Gasteiger partial charge in [0.1, 0.15) is 11.9 Å². The smallest absolute Gasteiger partial charge is 0.410 e. The predicted octanol–water partition coefficient (Wildman–Crippen LogP) is 2.74. The summed E-state index contributed by atoms with van der Waals surface area (Å²) in [5, 5.41) is 9.31. The highest BCUT2D eigenvalue weighted by atomic mass is 16.6. The first kappa shape index (κ1) is 16.6. The van der Waals surface area contributed by atoms with Crippen LogP contribution in [0.3, 0.4) is 0 Å². The Balaban J connectivity index is 2.10. The minimum Gasteiger partial charge on any atom is -0.486 e. The molecule has 3 unspecified atom stereocenters. The third kappa shape index (κ3) is 3.71. The summed E-state index contributed by atoms with van der Waals surface area (Å²) in [6, 6.07) is 7.67. The number of aliphatic hydroxyl groups is 1.